The molecule has 8 nitrogen and oxygen atoms in total. The van der Waals surface area contributed by atoms with Crippen LogP contribution < -0.4 is 25.6 Å². The molecular formula is C29H35N5O3S. The van der Waals surface area contributed by atoms with Crippen molar-refractivity contribution < 1.29 is 14.3 Å². The van der Waals surface area contributed by atoms with E-state index in [2.05, 4.69) is 34.8 Å². The lowest BCUT2D eigenvalue weighted by atomic mass is 9.86. The van der Waals surface area contributed by atoms with Gasteiger partial charge in [0, 0.05) is 35.9 Å². The van der Waals surface area contributed by atoms with Gasteiger partial charge in [0.05, 0.1) is 16.3 Å². The Hall–Kier alpha value is -3.01. The highest BCUT2D eigenvalue weighted by Gasteiger charge is 2.52. The van der Waals surface area contributed by atoms with Crippen molar-refractivity contribution in [2.45, 2.75) is 56.6 Å². The fourth-order valence-corrected chi connectivity index (χ4v) is 7.54. The van der Waals surface area contributed by atoms with Crippen LogP contribution in [0.25, 0.3) is 0 Å². The number of likely N-dealkylation sites (tertiary alicyclic amines) is 1. The predicted molar refractivity (Wildman–Crippen MR) is 150 cm³/mol. The summed E-state index contributed by atoms with van der Waals surface area (Å²) < 4.78 is 6.01. The summed E-state index contributed by atoms with van der Waals surface area (Å²) in [5.41, 5.74) is 2.61. The van der Waals surface area contributed by atoms with Crippen molar-refractivity contribution in [1.82, 2.24) is 20.9 Å². The molecule has 3 N–H and O–H groups in total. The Labute approximate surface area is 228 Å². The van der Waals surface area contributed by atoms with Crippen LogP contribution in [0.4, 0.5) is 10.5 Å². The van der Waals surface area contributed by atoms with E-state index < -0.39 is 0 Å². The van der Waals surface area contributed by atoms with Crippen molar-refractivity contribution in [1.29, 1.82) is 0 Å². The largest absolute Gasteiger partial charge is 0.457 e. The maximum Gasteiger partial charge on any atom is 0.326 e. The van der Waals surface area contributed by atoms with Gasteiger partial charge in [0.1, 0.15) is 11.5 Å². The number of hydrogen-bond donors (Lipinski definition) is 3. The second-order valence-corrected chi connectivity index (χ2v) is 12.0. The van der Waals surface area contributed by atoms with Gasteiger partial charge in [-0.1, -0.05) is 30.0 Å². The molecule has 2 aromatic carbocycles. The molecule has 9 heteroatoms. The Morgan fingerprint density at radius 1 is 1.11 bits per heavy atom. The van der Waals surface area contributed by atoms with Crippen molar-refractivity contribution in [3.8, 4) is 11.5 Å². The number of amides is 3. The topological polar surface area (TPSA) is 85.9 Å². The third-order valence-electron chi connectivity index (χ3n) is 8.28. The first-order valence-corrected chi connectivity index (χ1v) is 14.4. The molecule has 0 spiro atoms. The summed E-state index contributed by atoms with van der Waals surface area (Å²) in [4.78, 5) is 31.9. The van der Waals surface area contributed by atoms with Crippen molar-refractivity contribution in [3.63, 3.8) is 0 Å². The number of para-hydroxylation sites is 1. The standard InChI is InChI=1S/C29H35N5O3S/c1-17-15-21(37-20-7-5-4-6-8-20)11-12-22(17)34-23-13-14-30-28-24(23)25(32-29(34)36)26(38-28)27(35)31-19-10-9-18(2)33(3)16-19/h4-8,11-12,15,18-19,23-24,28,30H,9-10,13-14,16H2,1-3H3,(H,31,35)(H,32,36). The van der Waals surface area contributed by atoms with E-state index in [1.54, 1.807) is 11.8 Å². The van der Waals surface area contributed by atoms with Gasteiger partial charge in [-0.15, -0.1) is 0 Å². The maximum atomic E-state index is 13.6. The van der Waals surface area contributed by atoms with Gasteiger partial charge in [0.25, 0.3) is 5.91 Å². The molecule has 4 aliphatic rings. The molecule has 3 fully saturated rings. The molecule has 5 unspecified atom stereocenters. The molecule has 2 aromatic rings. The molecule has 0 aromatic heterocycles. The molecule has 200 valence electrons. The van der Waals surface area contributed by atoms with Crippen LogP contribution in [0.2, 0.25) is 0 Å². The Bertz CT molecular complexity index is 1270. The molecule has 0 aliphatic carbocycles. The van der Waals surface area contributed by atoms with E-state index in [1.165, 1.54) is 0 Å². The number of rotatable bonds is 5. The molecule has 5 atom stereocenters. The number of thioether (sulfide) groups is 1. The first-order valence-electron chi connectivity index (χ1n) is 13.5. The van der Waals surface area contributed by atoms with Gasteiger partial charge in [-0.05, 0) is 82.6 Å². The molecule has 6 rings (SSSR count). The summed E-state index contributed by atoms with van der Waals surface area (Å²) in [7, 11) is 2.11. The molecule has 3 saturated heterocycles. The Morgan fingerprint density at radius 3 is 2.68 bits per heavy atom. The van der Waals surface area contributed by atoms with Crippen LogP contribution in [-0.2, 0) is 4.79 Å². The average molecular weight is 534 g/mol. The highest BCUT2D eigenvalue weighted by molar-refractivity contribution is 8.04. The molecule has 4 aliphatic heterocycles. The zero-order valence-corrected chi connectivity index (χ0v) is 22.9. The molecular weight excluding hydrogens is 498 g/mol. The van der Waals surface area contributed by atoms with Gasteiger partial charge >= 0.3 is 6.03 Å². The second-order valence-electron chi connectivity index (χ2n) is 10.8. The molecule has 0 bridgehead atoms. The predicted octanol–water partition coefficient (Wildman–Crippen LogP) is 4.18. The van der Waals surface area contributed by atoms with E-state index in [9.17, 15) is 9.59 Å². The quantitative estimate of drug-likeness (QED) is 0.535. The number of nitrogens with one attached hydrogen (secondary N) is 3. The number of urea groups is 1. The van der Waals surface area contributed by atoms with Crippen LogP contribution >= 0.6 is 11.8 Å². The van der Waals surface area contributed by atoms with Gasteiger partial charge in [0.2, 0.25) is 0 Å². The van der Waals surface area contributed by atoms with Gasteiger partial charge in [-0.2, -0.15) is 0 Å². The van der Waals surface area contributed by atoms with Gasteiger partial charge in [-0.25, -0.2) is 4.79 Å². The number of ether oxygens (including phenoxy) is 1. The first-order chi connectivity index (χ1) is 18.4. The molecule has 3 amide bonds. The number of likely N-dealkylation sites (N-methyl/N-ethyl adjacent to an activating group) is 1. The summed E-state index contributed by atoms with van der Waals surface area (Å²) in [6.45, 7) is 5.87. The Kier molecular flexibility index (Phi) is 6.84. The third kappa shape index (κ3) is 4.67. The van der Waals surface area contributed by atoms with E-state index in [0.29, 0.717) is 10.9 Å². The van der Waals surface area contributed by atoms with Crippen LogP contribution in [-0.4, -0.2) is 60.5 Å². The number of piperidine rings is 2. The normalized spacial score (nSPS) is 29.1. The summed E-state index contributed by atoms with van der Waals surface area (Å²) in [5, 5.41) is 10.0. The minimum Gasteiger partial charge on any atom is -0.457 e. The molecule has 0 radical (unpaired) electrons. The lowest BCUT2D eigenvalue weighted by Gasteiger charge is -2.46. The van der Waals surface area contributed by atoms with Crippen molar-refractivity contribution in [2.75, 3.05) is 25.0 Å². The number of anilines is 1. The molecule has 38 heavy (non-hydrogen) atoms. The summed E-state index contributed by atoms with van der Waals surface area (Å²) in [6.07, 6.45) is 2.86. The minimum atomic E-state index is -0.180. The van der Waals surface area contributed by atoms with Gasteiger partial charge < -0.3 is 25.6 Å². The number of nitrogens with zero attached hydrogens (tertiary/aromatic N) is 2. The third-order valence-corrected chi connectivity index (χ3v) is 9.64. The van der Waals surface area contributed by atoms with Crippen LogP contribution in [0.15, 0.2) is 59.1 Å². The van der Waals surface area contributed by atoms with Crippen molar-refractivity contribution >= 4 is 29.4 Å². The number of hydrogen-bond acceptors (Lipinski definition) is 6. The average Bonchev–Trinajstić information content (AvgIpc) is 3.27. The van der Waals surface area contributed by atoms with Crippen molar-refractivity contribution in [2.24, 2.45) is 5.92 Å². The maximum absolute atomic E-state index is 13.6. The summed E-state index contributed by atoms with van der Waals surface area (Å²) in [6, 6.07) is 16.0. The highest BCUT2D eigenvalue weighted by atomic mass is 32.2. The number of carbonyl (C=O) groups excluding carboxylic acids is 2. The Balaban J connectivity index is 1.23. The first kappa shape index (κ1) is 25.3. The van der Waals surface area contributed by atoms with Crippen molar-refractivity contribution in [3.05, 3.63) is 64.7 Å². The van der Waals surface area contributed by atoms with Crippen LogP contribution in [0.1, 0.15) is 31.7 Å². The zero-order valence-electron chi connectivity index (χ0n) is 22.1. The summed E-state index contributed by atoms with van der Waals surface area (Å²) >= 11 is 1.56. The number of carbonyl (C=O) groups is 2. The molecule has 0 saturated carbocycles. The van der Waals surface area contributed by atoms with Gasteiger partial charge in [0.15, 0.2) is 0 Å². The van der Waals surface area contributed by atoms with Gasteiger partial charge in [-0.3, -0.25) is 9.69 Å². The van der Waals surface area contributed by atoms with E-state index in [-0.39, 0.29) is 35.3 Å². The van der Waals surface area contributed by atoms with E-state index in [1.807, 2.05) is 60.4 Å². The fourth-order valence-electron chi connectivity index (χ4n) is 6.14. The smallest absolute Gasteiger partial charge is 0.326 e. The highest BCUT2D eigenvalue weighted by Crippen LogP contribution is 2.48. The summed E-state index contributed by atoms with van der Waals surface area (Å²) in [5.74, 6) is 1.47. The van der Waals surface area contributed by atoms with E-state index in [0.717, 1.165) is 60.8 Å². The SMILES string of the molecule is Cc1cc(Oc2ccccc2)ccc1N1C(=O)NC2=C(C(=O)NC3CCC(C)N(C)C3)SC3NCCC1C23. The van der Waals surface area contributed by atoms with Crippen LogP contribution in [0.5, 0.6) is 11.5 Å². The lowest BCUT2D eigenvalue weighted by Crippen LogP contribution is -2.62. The number of benzene rings is 2. The van der Waals surface area contributed by atoms with E-state index >= 15 is 0 Å². The van der Waals surface area contributed by atoms with E-state index in [4.69, 9.17) is 4.74 Å². The lowest BCUT2D eigenvalue weighted by molar-refractivity contribution is -0.118. The molecule has 4 heterocycles. The van der Waals surface area contributed by atoms with Crippen LogP contribution in [0, 0.1) is 12.8 Å². The monoisotopic (exact) mass is 533 g/mol. The zero-order chi connectivity index (χ0) is 26.4. The Morgan fingerprint density at radius 2 is 1.92 bits per heavy atom. The number of aryl methyl sites for hydroxylation is 1. The second kappa shape index (κ2) is 10.3. The van der Waals surface area contributed by atoms with Crippen LogP contribution in [0.3, 0.4) is 0 Å². The minimum absolute atomic E-state index is 0.0240. The fraction of sp³-hybridized carbons (Fsp3) is 0.448.